The van der Waals surface area contributed by atoms with Crippen molar-refractivity contribution in [1.82, 2.24) is 19.1 Å². The Bertz CT molecular complexity index is 1030. The van der Waals surface area contributed by atoms with Crippen LogP contribution in [0, 0.1) is 4.77 Å². The van der Waals surface area contributed by atoms with Crippen LogP contribution in [-0.2, 0) is 13.6 Å². The second-order valence-electron chi connectivity index (χ2n) is 5.33. The molecule has 0 fully saturated rings. The second kappa shape index (κ2) is 6.46. The summed E-state index contributed by atoms with van der Waals surface area (Å²) < 4.78 is 8.46. The molecule has 0 radical (unpaired) electrons. The van der Waals surface area contributed by atoms with E-state index in [1.807, 2.05) is 18.2 Å². The van der Waals surface area contributed by atoms with Crippen LogP contribution < -0.4 is 16.0 Å². The van der Waals surface area contributed by atoms with E-state index in [9.17, 15) is 14.7 Å². The fourth-order valence-corrected chi connectivity index (χ4v) is 2.68. The van der Waals surface area contributed by atoms with E-state index in [1.165, 1.54) is 16.2 Å². The van der Waals surface area contributed by atoms with Gasteiger partial charge in [0.15, 0.2) is 10.3 Å². The molecule has 3 rings (SSSR count). The Morgan fingerprint density at radius 2 is 1.96 bits per heavy atom. The van der Waals surface area contributed by atoms with Gasteiger partial charge in [0, 0.05) is 7.05 Å². The van der Waals surface area contributed by atoms with Crippen LogP contribution in [0.2, 0.25) is 0 Å². The molecular weight excluding hydrogens is 332 g/mol. The van der Waals surface area contributed by atoms with Crippen molar-refractivity contribution in [3.8, 4) is 5.75 Å². The van der Waals surface area contributed by atoms with E-state index in [4.69, 9.17) is 17.0 Å². The number of nitrogens with zero attached hydrogens (tertiary/aromatic N) is 2. The van der Waals surface area contributed by atoms with E-state index >= 15 is 0 Å². The first-order chi connectivity index (χ1) is 11.5. The molecule has 9 heteroatoms. The van der Waals surface area contributed by atoms with Gasteiger partial charge in [-0.25, -0.2) is 4.79 Å². The zero-order chi connectivity index (χ0) is 17.3. The summed E-state index contributed by atoms with van der Waals surface area (Å²) in [6.45, 7) is 0.106. The Labute approximate surface area is 141 Å². The number of hydrogen-bond acceptors (Lipinski definition) is 5. The highest BCUT2D eigenvalue weighted by Crippen LogP contribution is 2.11. The predicted octanol–water partition coefficient (Wildman–Crippen LogP) is 0.526. The lowest BCUT2D eigenvalue weighted by Gasteiger charge is -2.13. The van der Waals surface area contributed by atoms with Crippen LogP contribution in [0.3, 0.4) is 0 Å². The Hall–Kier alpha value is -2.65. The zero-order valence-electron chi connectivity index (χ0n) is 12.9. The molecule has 0 aliphatic carbocycles. The van der Waals surface area contributed by atoms with Crippen molar-refractivity contribution in [2.75, 3.05) is 6.61 Å². The summed E-state index contributed by atoms with van der Waals surface area (Å²) in [7, 11) is 1.52. The van der Waals surface area contributed by atoms with Crippen LogP contribution >= 0.6 is 12.2 Å². The minimum atomic E-state index is -0.882. The maximum absolute atomic E-state index is 12.1. The average Bonchev–Trinajstić information content (AvgIpc) is 2.89. The molecule has 8 nitrogen and oxygen atoms in total. The molecule has 3 N–H and O–H groups in total. The summed E-state index contributed by atoms with van der Waals surface area (Å²) in [5, 5.41) is 10.2. The smallest absolute Gasteiger partial charge is 0.329 e. The molecule has 0 aliphatic heterocycles. The van der Waals surface area contributed by atoms with Crippen LogP contribution in [0.1, 0.15) is 0 Å². The SMILES string of the molecule is Cn1c(=O)[nH]c(=O)c2c1[nH]c(=S)n2C[C@@H](O)COc1ccccc1. The van der Waals surface area contributed by atoms with Gasteiger partial charge >= 0.3 is 5.69 Å². The molecule has 24 heavy (non-hydrogen) atoms. The molecule has 1 aromatic carbocycles. The van der Waals surface area contributed by atoms with Crippen molar-refractivity contribution < 1.29 is 9.84 Å². The monoisotopic (exact) mass is 348 g/mol. The van der Waals surface area contributed by atoms with Crippen molar-refractivity contribution in [1.29, 1.82) is 0 Å². The second-order valence-corrected chi connectivity index (χ2v) is 5.72. The summed E-state index contributed by atoms with van der Waals surface area (Å²) in [5.74, 6) is 0.638. The number of aliphatic hydroxyl groups is 1. The van der Waals surface area contributed by atoms with E-state index < -0.39 is 17.4 Å². The number of aryl methyl sites for hydroxylation is 1. The summed E-state index contributed by atoms with van der Waals surface area (Å²) in [5.41, 5.74) is -0.578. The van der Waals surface area contributed by atoms with Crippen LogP contribution in [-0.4, -0.2) is 36.9 Å². The number of imidazole rings is 1. The standard InChI is InChI=1S/C15H16N4O4S/c1-18-12-11(13(21)17-14(18)22)19(15(24)16-12)7-9(20)8-23-10-5-3-2-4-6-10/h2-6,9,20H,7-8H2,1H3,(H,16,24)(H,17,21,22)/t9-/m1/s1. The minimum Gasteiger partial charge on any atom is -0.491 e. The van der Waals surface area contributed by atoms with E-state index in [0.717, 1.165) is 0 Å². The first kappa shape index (κ1) is 16.2. The quantitative estimate of drug-likeness (QED) is 0.583. The fraction of sp³-hybridized carbons (Fsp3) is 0.267. The normalized spacial score (nSPS) is 12.4. The lowest BCUT2D eigenvalue weighted by Crippen LogP contribution is -2.30. The van der Waals surface area contributed by atoms with Gasteiger partial charge in [-0.3, -0.25) is 14.3 Å². The molecule has 0 saturated carbocycles. The molecule has 3 aromatic rings. The van der Waals surface area contributed by atoms with E-state index in [1.54, 1.807) is 12.1 Å². The van der Waals surface area contributed by atoms with Gasteiger partial charge in [-0.05, 0) is 24.4 Å². The molecule has 0 amide bonds. The zero-order valence-corrected chi connectivity index (χ0v) is 13.7. The van der Waals surface area contributed by atoms with Crippen molar-refractivity contribution in [3.63, 3.8) is 0 Å². The van der Waals surface area contributed by atoms with Crippen LogP contribution in [0.15, 0.2) is 39.9 Å². The molecule has 0 spiro atoms. The number of rotatable bonds is 5. The Kier molecular flexibility index (Phi) is 4.36. The topological polar surface area (TPSA) is 105 Å². The predicted molar refractivity (Wildman–Crippen MR) is 90.9 cm³/mol. The number of H-pyrrole nitrogens is 2. The van der Waals surface area contributed by atoms with Crippen molar-refractivity contribution in [3.05, 3.63) is 55.9 Å². The number of para-hydroxylation sites is 1. The third-order valence-electron chi connectivity index (χ3n) is 3.62. The molecule has 0 bridgehead atoms. The van der Waals surface area contributed by atoms with Gasteiger partial charge in [0.05, 0.1) is 6.54 Å². The first-order valence-corrected chi connectivity index (χ1v) is 7.66. The lowest BCUT2D eigenvalue weighted by molar-refractivity contribution is 0.0931. The summed E-state index contributed by atoms with van der Waals surface area (Å²) >= 11 is 5.20. The third kappa shape index (κ3) is 3.03. The van der Waals surface area contributed by atoms with E-state index in [-0.39, 0.29) is 23.4 Å². The van der Waals surface area contributed by atoms with Gasteiger partial charge in [0.2, 0.25) is 0 Å². The highest BCUT2D eigenvalue weighted by molar-refractivity contribution is 7.71. The van der Waals surface area contributed by atoms with Crippen LogP contribution in [0.5, 0.6) is 5.75 Å². The molecule has 126 valence electrons. The molecule has 0 saturated heterocycles. The summed E-state index contributed by atoms with van der Waals surface area (Å²) in [6.07, 6.45) is -0.882. The third-order valence-corrected chi connectivity index (χ3v) is 3.94. The summed E-state index contributed by atoms with van der Waals surface area (Å²) in [4.78, 5) is 28.8. The van der Waals surface area contributed by atoms with Crippen LogP contribution in [0.4, 0.5) is 0 Å². The number of aromatic nitrogens is 4. The molecule has 0 unspecified atom stereocenters. The largest absolute Gasteiger partial charge is 0.491 e. The minimum absolute atomic E-state index is 0.0438. The first-order valence-electron chi connectivity index (χ1n) is 7.25. The number of fused-ring (bicyclic) bond motifs is 1. The molecule has 2 aromatic heterocycles. The Morgan fingerprint density at radius 1 is 1.25 bits per heavy atom. The van der Waals surface area contributed by atoms with Gasteiger partial charge in [-0.1, -0.05) is 18.2 Å². The Balaban J connectivity index is 1.86. The van der Waals surface area contributed by atoms with Gasteiger partial charge in [0.1, 0.15) is 24.1 Å². The molecule has 2 heterocycles. The van der Waals surface area contributed by atoms with Crippen LogP contribution in [0.25, 0.3) is 11.2 Å². The molecule has 1 atom stereocenters. The van der Waals surface area contributed by atoms with Gasteiger partial charge in [-0.15, -0.1) is 0 Å². The van der Waals surface area contributed by atoms with Crippen molar-refractivity contribution in [2.24, 2.45) is 7.05 Å². The number of aromatic amines is 2. The average molecular weight is 348 g/mol. The van der Waals surface area contributed by atoms with E-state index in [2.05, 4.69) is 9.97 Å². The van der Waals surface area contributed by atoms with Gasteiger partial charge in [0.25, 0.3) is 5.56 Å². The van der Waals surface area contributed by atoms with Gasteiger partial charge < -0.3 is 19.4 Å². The lowest BCUT2D eigenvalue weighted by atomic mass is 10.3. The van der Waals surface area contributed by atoms with Crippen molar-refractivity contribution >= 4 is 23.4 Å². The number of ether oxygens (including phenoxy) is 1. The summed E-state index contributed by atoms with van der Waals surface area (Å²) in [6, 6.07) is 9.09. The molecule has 0 aliphatic rings. The van der Waals surface area contributed by atoms with Crippen molar-refractivity contribution in [2.45, 2.75) is 12.6 Å². The number of aliphatic hydroxyl groups excluding tert-OH is 1. The van der Waals surface area contributed by atoms with E-state index in [0.29, 0.717) is 11.4 Å². The van der Waals surface area contributed by atoms with Gasteiger partial charge in [-0.2, -0.15) is 0 Å². The molecular formula is C15H16N4O4S. The highest BCUT2D eigenvalue weighted by atomic mass is 32.1. The maximum Gasteiger partial charge on any atom is 0.329 e. The number of nitrogens with one attached hydrogen (secondary N) is 2. The number of benzene rings is 1. The highest BCUT2D eigenvalue weighted by Gasteiger charge is 2.15. The maximum atomic E-state index is 12.1. The fourth-order valence-electron chi connectivity index (χ4n) is 2.42. The number of hydrogen-bond donors (Lipinski definition) is 3. The Morgan fingerprint density at radius 3 is 2.67 bits per heavy atom.